The lowest BCUT2D eigenvalue weighted by Gasteiger charge is -2.35. The molecule has 5 nitrogen and oxygen atoms in total. The standard InChI is InChI=1S/C18H33N5S.HI/c1-5-16-13-21-17(24-16)6-9-20-18(19-4)22-12-15(3)23-10-7-14(2)8-11-23;/h13-15H,5-12H2,1-4H3,(H2,19,20,22);1H. The van der Waals surface area contributed by atoms with E-state index in [9.17, 15) is 0 Å². The van der Waals surface area contributed by atoms with E-state index < -0.39 is 0 Å². The fourth-order valence-corrected chi connectivity index (χ4v) is 3.84. The van der Waals surface area contributed by atoms with Crippen molar-refractivity contribution in [3.63, 3.8) is 0 Å². The number of aromatic nitrogens is 1. The molecule has 1 atom stereocenters. The molecule has 1 aliphatic heterocycles. The molecule has 1 aromatic rings. The molecule has 2 rings (SSSR count). The smallest absolute Gasteiger partial charge is 0.191 e. The fraction of sp³-hybridized carbons (Fsp3) is 0.778. The number of rotatable bonds is 7. The van der Waals surface area contributed by atoms with Crippen LogP contribution in [0, 0.1) is 5.92 Å². The second-order valence-corrected chi connectivity index (χ2v) is 7.97. The lowest BCUT2D eigenvalue weighted by atomic mass is 9.98. The van der Waals surface area contributed by atoms with Gasteiger partial charge in [-0.15, -0.1) is 35.3 Å². The number of halogens is 1. The van der Waals surface area contributed by atoms with Crippen LogP contribution < -0.4 is 10.6 Å². The van der Waals surface area contributed by atoms with Gasteiger partial charge in [-0.05, 0) is 45.2 Å². The third-order valence-corrected chi connectivity index (χ3v) is 6.01. The molecule has 0 radical (unpaired) electrons. The summed E-state index contributed by atoms with van der Waals surface area (Å²) in [5.74, 6) is 1.77. The average Bonchev–Trinajstić information content (AvgIpc) is 3.06. The first kappa shape index (κ1) is 22.6. The highest BCUT2D eigenvalue weighted by Crippen LogP contribution is 2.17. The Labute approximate surface area is 174 Å². The molecule has 0 spiro atoms. The first-order chi connectivity index (χ1) is 11.6. The quantitative estimate of drug-likeness (QED) is 0.359. The molecule has 2 heterocycles. The molecule has 0 aromatic carbocycles. The van der Waals surface area contributed by atoms with E-state index in [2.05, 4.69) is 46.3 Å². The highest BCUT2D eigenvalue weighted by atomic mass is 127. The van der Waals surface area contributed by atoms with Crippen LogP contribution in [0.5, 0.6) is 0 Å². The molecule has 1 fully saturated rings. The summed E-state index contributed by atoms with van der Waals surface area (Å²) in [5.41, 5.74) is 0. The van der Waals surface area contributed by atoms with E-state index in [1.165, 1.54) is 35.8 Å². The van der Waals surface area contributed by atoms with Crippen molar-refractivity contribution in [3.05, 3.63) is 16.1 Å². The van der Waals surface area contributed by atoms with Crippen LogP contribution in [-0.4, -0.2) is 55.1 Å². The Morgan fingerprint density at radius 1 is 1.40 bits per heavy atom. The van der Waals surface area contributed by atoms with Crippen LogP contribution in [0.1, 0.15) is 43.5 Å². The number of nitrogens with one attached hydrogen (secondary N) is 2. The normalized spacial score (nSPS) is 17.8. The van der Waals surface area contributed by atoms with Crippen LogP contribution in [0.2, 0.25) is 0 Å². The van der Waals surface area contributed by atoms with Crippen molar-refractivity contribution in [2.24, 2.45) is 10.9 Å². The Morgan fingerprint density at radius 2 is 2.12 bits per heavy atom. The van der Waals surface area contributed by atoms with Crippen LogP contribution in [0.3, 0.4) is 0 Å². The minimum Gasteiger partial charge on any atom is -0.356 e. The summed E-state index contributed by atoms with van der Waals surface area (Å²) in [5, 5.41) is 8.06. The van der Waals surface area contributed by atoms with Crippen molar-refractivity contribution in [1.29, 1.82) is 0 Å². The lowest BCUT2D eigenvalue weighted by molar-refractivity contribution is 0.147. The van der Waals surface area contributed by atoms with Crippen LogP contribution in [0.25, 0.3) is 0 Å². The van der Waals surface area contributed by atoms with Crippen molar-refractivity contribution >= 4 is 41.3 Å². The van der Waals surface area contributed by atoms with Gasteiger partial charge in [0.15, 0.2) is 5.96 Å². The van der Waals surface area contributed by atoms with E-state index in [0.29, 0.717) is 6.04 Å². The number of nitrogens with zero attached hydrogens (tertiary/aromatic N) is 3. The molecule has 0 saturated carbocycles. The SMILES string of the molecule is CCc1cnc(CCNC(=NC)NCC(C)N2CCC(C)CC2)s1.I. The maximum absolute atomic E-state index is 4.46. The molecule has 1 aromatic heterocycles. The van der Waals surface area contributed by atoms with Gasteiger partial charge in [0.25, 0.3) is 0 Å². The molecule has 1 saturated heterocycles. The Balaban J connectivity index is 0.00000312. The summed E-state index contributed by atoms with van der Waals surface area (Å²) in [7, 11) is 1.83. The van der Waals surface area contributed by atoms with Gasteiger partial charge in [-0.2, -0.15) is 0 Å². The number of piperidine rings is 1. The van der Waals surface area contributed by atoms with E-state index in [-0.39, 0.29) is 24.0 Å². The van der Waals surface area contributed by atoms with Crippen LogP contribution in [-0.2, 0) is 12.8 Å². The molecule has 7 heteroatoms. The molecule has 2 N–H and O–H groups in total. The molecular formula is C18H34IN5S. The minimum atomic E-state index is 0. The Morgan fingerprint density at radius 3 is 2.72 bits per heavy atom. The molecule has 1 aliphatic rings. The molecule has 25 heavy (non-hydrogen) atoms. The van der Waals surface area contributed by atoms with E-state index in [0.717, 1.165) is 37.8 Å². The van der Waals surface area contributed by atoms with Crippen molar-refractivity contribution < 1.29 is 0 Å². The maximum atomic E-state index is 4.46. The van der Waals surface area contributed by atoms with Gasteiger partial charge in [0.05, 0.1) is 5.01 Å². The fourth-order valence-electron chi connectivity index (χ4n) is 2.98. The van der Waals surface area contributed by atoms with Gasteiger partial charge in [0.2, 0.25) is 0 Å². The first-order valence-electron chi connectivity index (χ1n) is 9.24. The third-order valence-electron chi connectivity index (χ3n) is 4.81. The topological polar surface area (TPSA) is 52.6 Å². The van der Waals surface area contributed by atoms with E-state index in [1.54, 1.807) is 0 Å². The summed E-state index contributed by atoms with van der Waals surface area (Å²) >= 11 is 1.81. The molecule has 0 amide bonds. The largest absolute Gasteiger partial charge is 0.356 e. The zero-order valence-corrected chi connectivity index (χ0v) is 19.2. The minimum absolute atomic E-state index is 0. The molecular weight excluding hydrogens is 445 g/mol. The van der Waals surface area contributed by atoms with E-state index >= 15 is 0 Å². The van der Waals surface area contributed by atoms with Gasteiger partial charge in [-0.1, -0.05) is 13.8 Å². The molecule has 0 aliphatic carbocycles. The van der Waals surface area contributed by atoms with Gasteiger partial charge in [0, 0.05) is 43.7 Å². The highest BCUT2D eigenvalue weighted by molar-refractivity contribution is 14.0. The Hall–Kier alpha value is -0.410. The number of guanidine groups is 1. The van der Waals surface area contributed by atoms with Gasteiger partial charge in [-0.3, -0.25) is 9.89 Å². The maximum Gasteiger partial charge on any atom is 0.191 e. The van der Waals surface area contributed by atoms with Gasteiger partial charge < -0.3 is 10.6 Å². The number of aliphatic imine (C=N–C) groups is 1. The number of thiazole rings is 1. The van der Waals surface area contributed by atoms with E-state index in [1.807, 2.05) is 24.6 Å². The van der Waals surface area contributed by atoms with Crippen molar-refractivity contribution in [2.45, 2.75) is 52.5 Å². The number of likely N-dealkylation sites (tertiary alicyclic amines) is 1. The van der Waals surface area contributed by atoms with Crippen molar-refractivity contribution in [2.75, 3.05) is 33.2 Å². The monoisotopic (exact) mass is 479 g/mol. The summed E-state index contributed by atoms with van der Waals surface area (Å²) in [6, 6.07) is 0.544. The Kier molecular flexibility index (Phi) is 10.9. The third kappa shape index (κ3) is 7.78. The number of hydrogen-bond donors (Lipinski definition) is 2. The van der Waals surface area contributed by atoms with Gasteiger partial charge in [-0.25, -0.2) is 4.98 Å². The van der Waals surface area contributed by atoms with Crippen LogP contribution in [0.4, 0.5) is 0 Å². The Bertz CT molecular complexity index is 511. The molecule has 0 bridgehead atoms. The predicted octanol–water partition coefficient (Wildman–Crippen LogP) is 3.15. The summed E-state index contributed by atoms with van der Waals surface area (Å²) in [6.07, 6.45) is 6.66. The summed E-state index contributed by atoms with van der Waals surface area (Å²) in [4.78, 5) is 12.7. The van der Waals surface area contributed by atoms with Crippen molar-refractivity contribution in [3.8, 4) is 0 Å². The van der Waals surface area contributed by atoms with Crippen molar-refractivity contribution in [1.82, 2.24) is 20.5 Å². The molecule has 1 unspecified atom stereocenters. The zero-order valence-electron chi connectivity index (χ0n) is 16.0. The van der Waals surface area contributed by atoms with E-state index in [4.69, 9.17) is 0 Å². The van der Waals surface area contributed by atoms with Gasteiger partial charge in [0.1, 0.15) is 0 Å². The lowest BCUT2D eigenvalue weighted by Crippen LogP contribution is -2.48. The first-order valence-corrected chi connectivity index (χ1v) is 10.1. The highest BCUT2D eigenvalue weighted by Gasteiger charge is 2.20. The average molecular weight is 479 g/mol. The molecule has 144 valence electrons. The number of aryl methyl sites for hydroxylation is 1. The predicted molar refractivity (Wildman–Crippen MR) is 119 cm³/mol. The number of hydrogen-bond acceptors (Lipinski definition) is 4. The zero-order chi connectivity index (χ0) is 17.4. The van der Waals surface area contributed by atoms with Crippen LogP contribution in [0.15, 0.2) is 11.2 Å². The second-order valence-electron chi connectivity index (χ2n) is 6.77. The second kappa shape index (κ2) is 12.1. The van der Waals surface area contributed by atoms with Gasteiger partial charge >= 0.3 is 0 Å². The summed E-state index contributed by atoms with van der Waals surface area (Å²) in [6.45, 7) is 11.1. The summed E-state index contributed by atoms with van der Waals surface area (Å²) < 4.78 is 0. The van der Waals surface area contributed by atoms with Crippen LogP contribution >= 0.6 is 35.3 Å².